The van der Waals surface area contributed by atoms with Crippen molar-refractivity contribution in [2.75, 3.05) is 19.9 Å². The van der Waals surface area contributed by atoms with Crippen molar-refractivity contribution in [3.05, 3.63) is 23.8 Å². The molecular formula is C13H19ClN2O2. The number of hydrogen-bond donors (Lipinski definition) is 1. The van der Waals surface area contributed by atoms with Crippen LogP contribution in [0.2, 0.25) is 0 Å². The summed E-state index contributed by atoms with van der Waals surface area (Å²) in [5, 5.41) is 0. The minimum atomic E-state index is 0. The first-order chi connectivity index (χ1) is 8.24. The molecule has 2 aliphatic heterocycles. The molecule has 5 heteroatoms. The summed E-state index contributed by atoms with van der Waals surface area (Å²) >= 11 is 0. The number of fused-ring (bicyclic) bond motifs is 1. The maximum absolute atomic E-state index is 6.04. The first-order valence-electron chi connectivity index (χ1n) is 6.09. The molecule has 1 fully saturated rings. The van der Waals surface area contributed by atoms with Crippen LogP contribution in [0, 0.1) is 5.92 Å². The Labute approximate surface area is 113 Å². The average Bonchev–Trinajstić information content (AvgIpc) is 2.87. The SMILES string of the molecule is CC1CN(Cc2cccc3c2OCO3)CC1N.Cl. The average molecular weight is 271 g/mol. The van der Waals surface area contributed by atoms with Crippen molar-refractivity contribution in [3.8, 4) is 11.5 Å². The monoisotopic (exact) mass is 270 g/mol. The molecule has 0 radical (unpaired) electrons. The van der Waals surface area contributed by atoms with Crippen LogP contribution in [-0.2, 0) is 6.54 Å². The highest BCUT2D eigenvalue weighted by atomic mass is 35.5. The number of nitrogens with two attached hydrogens (primary N) is 1. The summed E-state index contributed by atoms with van der Waals surface area (Å²) in [7, 11) is 0. The number of likely N-dealkylation sites (tertiary alicyclic amines) is 1. The predicted octanol–water partition coefficient (Wildman–Crippen LogP) is 1.62. The van der Waals surface area contributed by atoms with Gasteiger partial charge >= 0.3 is 0 Å². The molecular weight excluding hydrogens is 252 g/mol. The van der Waals surface area contributed by atoms with Crippen molar-refractivity contribution in [1.82, 2.24) is 4.90 Å². The van der Waals surface area contributed by atoms with Gasteiger partial charge in [-0.1, -0.05) is 19.1 Å². The molecule has 0 saturated carbocycles. The van der Waals surface area contributed by atoms with Crippen LogP contribution in [0.1, 0.15) is 12.5 Å². The van der Waals surface area contributed by atoms with Crippen molar-refractivity contribution < 1.29 is 9.47 Å². The first kappa shape index (κ1) is 13.5. The minimum Gasteiger partial charge on any atom is -0.454 e. The number of rotatable bonds is 2. The highest BCUT2D eigenvalue weighted by molar-refractivity contribution is 5.85. The molecule has 2 atom stereocenters. The molecule has 2 aliphatic rings. The molecule has 0 amide bonds. The van der Waals surface area contributed by atoms with E-state index in [0.717, 1.165) is 31.1 Å². The van der Waals surface area contributed by atoms with E-state index in [4.69, 9.17) is 15.2 Å². The van der Waals surface area contributed by atoms with Gasteiger partial charge in [-0.15, -0.1) is 12.4 Å². The number of ether oxygens (including phenoxy) is 2. The Balaban J connectivity index is 0.00000120. The Kier molecular flexibility index (Phi) is 4.00. The zero-order valence-corrected chi connectivity index (χ0v) is 11.3. The van der Waals surface area contributed by atoms with E-state index in [-0.39, 0.29) is 12.4 Å². The van der Waals surface area contributed by atoms with E-state index in [1.807, 2.05) is 12.1 Å². The number of nitrogens with zero attached hydrogens (tertiary/aromatic N) is 1. The highest BCUT2D eigenvalue weighted by Crippen LogP contribution is 2.36. The molecule has 1 aromatic rings. The van der Waals surface area contributed by atoms with Gasteiger partial charge in [0.15, 0.2) is 11.5 Å². The van der Waals surface area contributed by atoms with Crippen LogP contribution in [-0.4, -0.2) is 30.8 Å². The first-order valence-corrected chi connectivity index (χ1v) is 6.09. The van der Waals surface area contributed by atoms with E-state index >= 15 is 0 Å². The molecule has 2 unspecified atom stereocenters. The van der Waals surface area contributed by atoms with E-state index < -0.39 is 0 Å². The third-order valence-corrected chi connectivity index (χ3v) is 3.62. The molecule has 3 rings (SSSR count). The largest absolute Gasteiger partial charge is 0.454 e. The van der Waals surface area contributed by atoms with Crippen molar-refractivity contribution in [1.29, 1.82) is 0 Å². The van der Waals surface area contributed by atoms with Gasteiger partial charge in [0.2, 0.25) is 6.79 Å². The molecule has 18 heavy (non-hydrogen) atoms. The lowest BCUT2D eigenvalue weighted by Crippen LogP contribution is -2.28. The van der Waals surface area contributed by atoms with Crippen LogP contribution in [0.25, 0.3) is 0 Å². The van der Waals surface area contributed by atoms with Gasteiger partial charge in [0.25, 0.3) is 0 Å². The summed E-state index contributed by atoms with van der Waals surface area (Å²) in [5.74, 6) is 2.34. The Morgan fingerprint density at radius 3 is 2.89 bits per heavy atom. The van der Waals surface area contributed by atoms with Gasteiger partial charge in [-0.25, -0.2) is 0 Å². The van der Waals surface area contributed by atoms with Crippen molar-refractivity contribution in [2.45, 2.75) is 19.5 Å². The van der Waals surface area contributed by atoms with Gasteiger partial charge in [-0.2, -0.15) is 0 Å². The second-order valence-electron chi connectivity index (χ2n) is 4.99. The van der Waals surface area contributed by atoms with E-state index in [9.17, 15) is 0 Å². The smallest absolute Gasteiger partial charge is 0.231 e. The molecule has 1 saturated heterocycles. The molecule has 2 heterocycles. The van der Waals surface area contributed by atoms with Gasteiger partial charge in [0, 0.05) is 31.2 Å². The van der Waals surface area contributed by atoms with E-state index in [1.54, 1.807) is 0 Å². The summed E-state index contributed by atoms with van der Waals surface area (Å²) in [5.41, 5.74) is 7.23. The predicted molar refractivity (Wildman–Crippen MR) is 72.2 cm³/mol. The zero-order valence-electron chi connectivity index (χ0n) is 10.5. The number of halogens is 1. The lowest BCUT2D eigenvalue weighted by atomic mass is 10.1. The van der Waals surface area contributed by atoms with Gasteiger partial charge < -0.3 is 15.2 Å². The lowest BCUT2D eigenvalue weighted by molar-refractivity contribution is 0.172. The fourth-order valence-corrected chi connectivity index (χ4v) is 2.58. The van der Waals surface area contributed by atoms with Crippen LogP contribution in [0.15, 0.2) is 18.2 Å². The van der Waals surface area contributed by atoms with Crippen molar-refractivity contribution in [3.63, 3.8) is 0 Å². The fourth-order valence-electron chi connectivity index (χ4n) is 2.58. The Bertz CT molecular complexity index is 417. The third-order valence-electron chi connectivity index (χ3n) is 3.62. The molecule has 4 nitrogen and oxygen atoms in total. The van der Waals surface area contributed by atoms with Crippen LogP contribution in [0.5, 0.6) is 11.5 Å². The van der Waals surface area contributed by atoms with Crippen molar-refractivity contribution in [2.24, 2.45) is 11.7 Å². The van der Waals surface area contributed by atoms with E-state index in [1.165, 1.54) is 5.56 Å². The fraction of sp³-hybridized carbons (Fsp3) is 0.538. The van der Waals surface area contributed by atoms with Crippen molar-refractivity contribution >= 4 is 12.4 Å². The van der Waals surface area contributed by atoms with E-state index in [0.29, 0.717) is 18.8 Å². The molecule has 0 bridgehead atoms. The molecule has 0 aromatic heterocycles. The third kappa shape index (κ3) is 2.41. The number of para-hydroxylation sites is 1. The summed E-state index contributed by atoms with van der Waals surface area (Å²) in [6.45, 7) is 5.46. The topological polar surface area (TPSA) is 47.7 Å². The van der Waals surface area contributed by atoms with Gasteiger partial charge in [0.05, 0.1) is 0 Å². The lowest BCUT2D eigenvalue weighted by Gasteiger charge is -2.16. The minimum absolute atomic E-state index is 0. The normalized spacial score (nSPS) is 26.1. The standard InChI is InChI=1S/C13H18N2O2.ClH/c1-9-5-15(7-11(9)14)6-10-3-2-4-12-13(10)17-8-16-12;/h2-4,9,11H,5-8,14H2,1H3;1H. The van der Waals surface area contributed by atoms with Crippen LogP contribution < -0.4 is 15.2 Å². The summed E-state index contributed by atoms with van der Waals surface area (Å²) in [6, 6.07) is 6.36. The second-order valence-corrected chi connectivity index (χ2v) is 4.99. The summed E-state index contributed by atoms with van der Waals surface area (Å²) in [6.07, 6.45) is 0. The summed E-state index contributed by atoms with van der Waals surface area (Å²) in [4.78, 5) is 2.38. The highest BCUT2D eigenvalue weighted by Gasteiger charge is 2.28. The van der Waals surface area contributed by atoms with Gasteiger partial charge in [0.1, 0.15) is 0 Å². The Hall–Kier alpha value is -0.970. The number of hydrogen-bond acceptors (Lipinski definition) is 4. The van der Waals surface area contributed by atoms with Crippen LogP contribution >= 0.6 is 12.4 Å². The zero-order chi connectivity index (χ0) is 11.8. The van der Waals surface area contributed by atoms with Crippen LogP contribution in [0.4, 0.5) is 0 Å². The van der Waals surface area contributed by atoms with Gasteiger partial charge in [-0.05, 0) is 12.0 Å². The maximum Gasteiger partial charge on any atom is 0.231 e. The number of benzene rings is 1. The molecule has 0 spiro atoms. The quantitative estimate of drug-likeness (QED) is 0.887. The second kappa shape index (κ2) is 5.34. The van der Waals surface area contributed by atoms with E-state index in [2.05, 4.69) is 17.9 Å². The molecule has 0 aliphatic carbocycles. The molecule has 2 N–H and O–H groups in total. The maximum atomic E-state index is 6.04. The Morgan fingerprint density at radius 2 is 2.17 bits per heavy atom. The Morgan fingerprint density at radius 1 is 1.33 bits per heavy atom. The van der Waals surface area contributed by atoms with Crippen LogP contribution in [0.3, 0.4) is 0 Å². The van der Waals surface area contributed by atoms with Gasteiger partial charge in [-0.3, -0.25) is 4.90 Å². The molecule has 1 aromatic carbocycles. The summed E-state index contributed by atoms with van der Waals surface area (Å²) < 4.78 is 10.9. The molecule has 100 valence electrons.